The van der Waals surface area contributed by atoms with Crippen LogP contribution < -0.4 is 5.32 Å². The molecule has 1 aromatic heterocycles. The van der Waals surface area contributed by atoms with Gasteiger partial charge in [-0.15, -0.1) is 0 Å². The van der Waals surface area contributed by atoms with Gasteiger partial charge in [-0.3, -0.25) is 9.48 Å². The first-order chi connectivity index (χ1) is 8.47. The van der Waals surface area contributed by atoms with Gasteiger partial charge in [0.05, 0.1) is 11.7 Å². The molecule has 1 aliphatic rings. The molecule has 0 aliphatic carbocycles. The minimum Gasteiger partial charge on any atom is -0.337 e. The Morgan fingerprint density at radius 1 is 1.56 bits per heavy atom. The lowest BCUT2D eigenvalue weighted by molar-refractivity contribution is -0.130. The van der Waals surface area contributed by atoms with Gasteiger partial charge < -0.3 is 10.2 Å². The van der Waals surface area contributed by atoms with Gasteiger partial charge in [0, 0.05) is 37.9 Å². The Balaban J connectivity index is 1.99. The van der Waals surface area contributed by atoms with Gasteiger partial charge in [-0.25, -0.2) is 0 Å². The number of carbonyl (C=O) groups excluding carboxylic acids is 1. The van der Waals surface area contributed by atoms with Crippen molar-refractivity contribution in [2.45, 2.75) is 45.8 Å². The lowest BCUT2D eigenvalue weighted by Crippen LogP contribution is -2.41. The largest absolute Gasteiger partial charge is 0.337 e. The van der Waals surface area contributed by atoms with Gasteiger partial charge in [-0.1, -0.05) is 13.8 Å². The summed E-state index contributed by atoms with van der Waals surface area (Å²) in [7, 11) is 1.91. The van der Waals surface area contributed by atoms with E-state index in [0.717, 1.165) is 24.2 Å². The number of rotatable bonds is 4. The summed E-state index contributed by atoms with van der Waals surface area (Å²) in [6, 6.07) is 0.334. The number of nitrogens with zero attached hydrogens (tertiary/aromatic N) is 3. The lowest BCUT2D eigenvalue weighted by atomic mass is 10.2. The number of hydrogen-bond acceptors (Lipinski definition) is 3. The summed E-state index contributed by atoms with van der Waals surface area (Å²) >= 11 is 0. The van der Waals surface area contributed by atoms with Crippen LogP contribution in [0, 0.1) is 6.92 Å². The van der Waals surface area contributed by atoms with Crippen molar-refractivity contribution in [1.82, 2.24) is 20.0 Å². The molecule has 5 nitrogen and oxygen atoms in total. The fraction of sp³-hybridized carbons (Fsp3) is 0.692. The highest BCUT2D eigenvalue weighted by Crippen LogP contribution is 2.17. The number of aryl methyl sites for hydroxylation is 2. The van der Waals surface area contributed by atoms with Crippen LogP contribution in [0.25, 0.3) is 0 Å². The van der Waals surface area contributed by atoms with Crippen molar-refractivity contribution in [3.8, 4) is 0 Å². The quantitative estimate of drug-likeness (QED) is 0.861. The Bertz CT molecular complexity index is 438. The van der Waals surface area contributed by atoms with Crippen LogP contribution in [0.5, 0.6) is 0 Å². The standard InChI is InChI=1S/C13H22N4O/c1-9(2)14-12-5-6-17(13(12)18)8-11-7-16(4)15-10(11)3/h7,9,12,14H,5-6,8H2,1-4H3. The molecule has 1 amide bonds. The maximum Gasteiger partial charge on any atom is 0.240 e. The molecular formula is C13H22N4O. The van der Waals surface area contributed by atoms with E-state index >= 15 is 0 Å². The van der Waals surface area contributed by atoms with Gasteiger partial charge in [0.1, 0.15) is 0 Å². The van der Waals surface area contributed by atoms with Crippen molar-refractivity contribution in [2.75, 3.05) is 6.54 Å². The molecule has 5 heteroatoms. The van der Waals surface area contributed by atoms with Crippen LogP contribution in [-0.2, 0) is 18.4 Å². The number of nitrogens with one attached hydrogen (secondary N) is 1. The maximum absolute atomic E-state index is 12.2. The molecule has 1 unspecified atom stereocenters. The molecule has 100 valence electrons. The molecule has 18 heavy (non-hydrogen) atoms. The molecule has 0 spiro atoms. The van der Waals surface area contributed by atoms with E-state index in [4.69, 9.17) is 0 Å². The van der Waals surface area contributed by atoms with E-state index in [9.17, 15) is 4.79 Å². The first-order valence-electron chi connectivity index (χ1n) is 6.51. The van der Waals surface area contributed by atoms with E-state index in [1.165, 1.54) is 0 Å². The molecule has 1 fully saturated rings. The summed E-state index contributed by atoms with van der Waals surface area (Å²) in [6.07, 6.45) is 2.89. The van der Waals surface area contributed by atoms with Gasteiger partial charge in [0.2, 0.25) is 5.91 Å². The van der Waals surface area contributed by atoms with Crippen LogP contribution in [0.2, 0.25) is 0 Å². The number of carbonyl (C=O) groups is 1. The van der Waals surface area contributed by atoms with Gasteiger partial charge in [-0.05, 0) is 13.3 Å². The van der Waals surface area contributed by atoms with Crippen molar-refractivity contribution < 1.29 is 4.79 Å². The van der Waals surface area contributed by atoms with Crippen molar-refractivity contribution in [2.24, 2.45) is 7.05 Å². The third-order valence-electron chi connectivity index (χ3n) is 3.31. The second kappa shape index (κ2) is 5.10. The molecule has 1 aromatic rings. The Labute approximate surface area is 108 Å². The second-order valence-corrected chi connectivity index (χ2v) is 5.34. The van der Waals surface area contributed by atoms with Crippen LogP contribution in [0.3, 0.4) is 0 Å². The summed E-state index contributed by atoms with van der Waals surface area (Å²) in [5, 5.41) is 7.62. The number of amides is 1. The average molecular weight is 250 g/mol. The third-order valence-corrected chi connectivity index (χ3v) is 3.31. The van der Waals surface area contributed by atoms with Crippen molar-refractivity contribution >= 4 is 5.91 Å². The normalized spacial score (nSPS) is 20.2. The highest BCUT2D eigenvalue weighted by molar-refractivity contribution is 5.84. The average Bonchev–Trinajstić information content (AvgIpc) is 2.75. The number of likely N-dealkylation sites (tertiary alicyclic amines) is 1. The van der Waals surface area contributed by atoms with Gasteiger partial charge in [0.25, 0.3) is 0 Å². The summed E-state index contributed by atoms with van der Waals surface area (Å²) < 4.78 is 1.80. The van der Waals surface area contributed by atoms with Gasteiger partial charge in [-0.2, -0.15) is 5.10 Å². The third kappa shape index (κ3) is 2.72. The summed E-state index contributed by atoms with van der Waals surface area (Å²) in [4.78, 5) is 14.1. The van der Waals surface area contributed by atoms with E-state index in [1.54, 1.807) is 4.68 Å². The molecule has 2 heterocycles. The molecule has 0 bridgehead atoms. The predicted molar refractivity (Wildman–Crippen MR) is 70.0 cm³/mol. The molecule has 1 atom stereocenters. The second-order valence-electron chi connectivity index (χ2n) is 5.34. The Hall–Kier alpha value is -1.36. The Kier molecular flexibility index (Phi) is 3.71. The minimum absolute atomic E-state index is 0.0121. The minimum atomic E-state index is -0.0121. The van der Waals surface area contributed by atoms with E-state index in [1.807, 2.05) is 25.1 Å². The van der Waals surface area contributed by atoms with Crippen molar-refractivity contribution in [1.29, 1.82) is 0 Å². The Morgan fingerprint density at radius 3 is 2.83 bits per heavy atom. The Morgan fingerprint density at radius 2 is 2.28 bits per heavy atom. The molecule has 1 aliphatic heterocycles. The zero-order valence-corrected chi connectivity index (χ0v) is 11.6. The highest BCUT2D eigenvalue weighted by atomic mass is 16.2. The van der Waals surface area contributed by atoms with Crippen LogP contribution >= 0.6 is 0 Å². The van der Waals surface area contributed by atoms with E-state index in [-0.39, 0.29) is 11.9 Å². The summed E-state index contributed by atoms with van der Waals surface area (Å²) in [6.45, 7) is 7.63. The fourth-order valence-electron chi connectivity index (χ4n) is 2.46. The smallest absolute Gasteiger partial charge is 0.240 e. The van der Waals surface area contributed by atoms with E-state index < -0.39 is 0 Å². The van der Waals surface area contributed by atoms with Crippen LogP contribution in [0.15, 0.2) is 6.20 Å². The number of hydrogen-bond donors (Lipinski definition) is 1. The molecule has 2 rings (SSSR count). The number of aromatic nitrogens is 2. The zero-order valence-electron chi connectivity index (χ0n) is 11.6. The lowest BCUT2D eigenvalue weighted by Gasteiger charge is -2.18. The van der Waals surface area contributed by atoms with Crippen LogP contribution in [0.1, 0.15) is 31.5 Å². The SMILES string of the molecule is Cc1nn(C)cc1CN1CCC(NC(C)C)C1=O. The monoisotopic (exact) mass is 250 g/mol. The maximum atomic E-state index is 12.2. The molecule has 1 N–H and O–H groups in total. The van der Waals surface area contributed by atoms with Crippen molar-refractivity contribution in [3.05, 3.63) is 17.5 Å². The molecule has 0 aromatic carbocycles. The van der Waals surface area contributed by atoms with Crippen molar-refractivity contribution in [3.63, 3.8) is 0 Å². The molecule has 0 saturated carbocycles. The summed E-state index contributed by atoms with van der Waals surface area (Å²) in [5.41, 5.74) is 2.14. The van der Waals surface area contributed by atoms with Gasteiger partial charge in [0.15, 0.2) is 0 Å². The van der Waals surface area contributed by atoms with Crippen LogP contribution in [0.4, 0.5) is 0 Å². The first kappa shape index (κ1) is 13.1. The summed E-state index contributed by atoms with van der Waals surface area (Å²) in [5.74, 6) is 0.215. The van der Waals surface area contributed by atoms with E-state index in [0.29, 0.717) is 12.6 Å². The molecule has 1 saturated heterocycles. The zero-order chi connectivity index (χ0) is 13.3. The molecular weight excluding hydrogens is 228 g/mol. The fourth-order valence-corrected chi connectivity index (χ4v) is 2.46. The van der Waals surface area contributed by atoms with Gasteiger partial charge >= 0.3 is 0 Å². The topological polar surface area (TPSA) is 50.2 Å². The van der Waals surface area contributed by atoms with E-state index in [2.05, 4.69) is 24.3 Å². The molecule has 0 radical (unpaired) electrons. The first-order valence-corrected chi connectivity index (χ1v) is 6.51. The predicted octanol–water partition coefficient (Wildman–Crippen LogP) is 0.827. The highest BCUT2D eigenvalue weighted by Gasteiger charge is 2.31. The van der Waals surface area contributed by atoms with Crippen LogP contribution in [-0.4, -0.2) is 39.2 Å².